The van der Waals surface area contributed by atoms with Crippen LogP contribution in [0.2, 0.25) is 0 Å². The van der Waals surface area contributed by atoms with E-state index in [2.05, 4.69) is 0 Å². The lowest BCUT2D eigenvalue weighted by molar-refractivity contribution is 0.0989. The SMILES string of the molecule is COc1cc(OC)c(O)c(C(=O)Cc2ccc(C)cc2)c1. The van der Waals surface area contributed by atoms with Crippen molar-refractivity contribution in [3.8, 4) is 17.2 Å². The summed E-state index contributed by atoms with van der Waals surface area (Å²) in [5, 5.41) is 10.1. The van der Waals surface area contributed by atoms with E-state index in [1.54, 1.807) is 0 Å². The Bertz CT molecular complexity index is 645. The van der Waals surface area contributed by atoms with E-state index in [4.69, 9.17) is 9.47 Å². The molecule has 0 heterocycles. The number of ether oxygens (including phenoxy) is 2. The highest BCUT2D eigenvalue weighted by molar-refractivity contribution is 6.01. The number of phenols is 1. The molecule has 4 heteroatoms. The van der Waals surface area contributed by atoms with Gasteiger partial charge in [-0.1, -0.05) is 29.8 Å². The van der Waals surface area contributed by atoms with Gasteiger partial charge in [0.25, 0.3) is 0 Å². The van der Waals surface area contributed by atoms with Gasteiger partial charge in [-0.2, -0.15) is 0 Å². The average molecular weight is 286 g/mol. The highest BCUT2D eigenvalue weighted by Gasteiger charge is 2.17. The van der Waals surface area contributed by atoms with Crippen LogP contribution in [0.5, 0.6) is 17.2 Å². The number of ketones is 1. The largest absolute Gasteiger partial charge is 0.504 e. The van der Waals surface area contributed by atoms with Crippen LogP contribution in [0, 0.1) is 6.92 Å². The molecular formula is C17H18O4. The van der Waals surface area contributed by atoms with Gasteiger partial charge in [-0.25, -0.2) is 0 Å². The number of Topliss-reactive ketones (excluding diaryl/α,β-unsaturated/α-hetero) is 1. The van der Waals surface area contributed by atoms with Crippen LogP contribution in [-0.4, -0.2) is 25.1 Å². The molecule has 0 aliphatic carbocycles. The maximum Gasteiger partial charge on any atom is 0.171 e. The molecule has 2 aromatic carbocycles. The maximum atomic E-state index is 12.4. The molecule has 0 atom stereocenters. The fourth-order valence-electron chi connectivity index (χ4n) is 2.06. The number of phenolic OH excluding ortho intramolecular Hbond substituents is 1. The predicted molar refractivity (Wildman–Crippen MR) is 80.4 cm³/mol. The number of methoxy groups -OCH3 is 2. The van der Waals surface area contributed by atoms with Crippen molar-refractivity contribution in [2.24, 2.45) is 0 Å². The molecule has 0 amide bonds. The minimum absolute atomic E-state index is 0.157. The molecular weight excluding hydrogens is 268 g/mol. The van der Waals surface area contributed by atoms with Crippen molar-refractivity contribution in [1.82, 2.24) is 0 Å². The van der Waals surface area contributed by atoms with E-state index in [1.807, 2.05) is 31.2 Å². The van der Waals surface area contributed by atoms with Gasteiger partial charge in [0, 0.05) is 12.5 Å². The van der Waals surface area contributed by atoms with E-state index < -0.39 is 0 Å². The zero-order valence-electron chi connectivity index (χ0n) is 12.3. The topological polar surface area (TPSA) is 55.8 Å². The number of benzene rings is 2. The van der Waals surface area contributed by atoms with Crippen molar-refractivity contribution in [2.75, 3.05) is 14.2 Å². The minimum atomic E-state index is -0.187. The molecule has 0 fully saturated rings. The first-order valence-electron chi connectivity index (χ1n) is 6.59. The summed E-state index contributed by atoms with van der Waals surface area (Å²) >= 11 is 0. The van der Waals surface area contributed by atoms with E-state index in [0.29, 0.717) is 5.75 Å². The minimum Gasteiger partial charge on any atom is -0.504 e. The third kappa shape index (κ3) is 3.34. The lowest BCUT2D eigenvalue weighted by Crippen LogP contribution is -2.05. The number of aromatic hydroxyl groups is 1. The zero-order valence-corrected chi connectivity index (χ0v) is 12.3. The molecule has 0 saturated heterocycles. The van der Waals surface area contributed by atoms with Gasteiger partial charge in [-0.3, -0.25) is 4.79 Å². The molecule has 110 valence electrons. The number of carbonyl (C=O) groups excluding carboxylic acids is 1. The van der Waals surface area contributed by atoms with Gasteiger partial charge in [-0.15, -0.1) is 0 Å². The number of carbonyl (C=O) groups is 1. The van der Waals surface area contributed by atoms with Crippen molar-refractivity contribution in [1.29, 1.82) is 0 Å². The maximum absolute atomic E-state index is 12.4. The van der Waals surface area contributed by atoms with E-state index in [9.17, 15) is 9.90 Å². The van der Waals surface area contributed by atoms with Gasteiger partial charge in [0.1, 0.15) is 5.75 Å². The van der Waals surface area contributed by atoms with E-state index in [-0.39, 0.29) is 29.3 Å². The van der Waals surface area contributed by atoms with Gasteiger partial charge >= 0.3 is 0 Å². The molecule has 21 heavy (non-hydrogen) atoms. The van der Waals surface area contributed by atoms with E-state index in [0.717, 1.165) is 11.1 Å². The van der Waals surface area contributed by atoms with Crippen molar-refractivity contribution < 1.29 is 19.4 Å². The number of aryl methyl sites for hydroxylation is 1. The Morgan fingerprint density at radius 2 is 1.76 bits per heavy atom. The summed E-state index contributed by atoms with van der Waals surface area (Å²) < 4.78 is 10.2. The fraction of sp³-hybridized carbons (Fsp3) is 0.235. The second-order valence-electron chi connectivity index (χ2n) is 4.81. The zero-order chi connectivity index (χ0) is 15.4. The summed E-state index contributed by atoms with van der Waals surface area (Å²) in [5.74, 6) is 0.350. The molecule has 1 N–H and O–H groups in total. The van der Waals surface area contributed by atoms with Crippen molar-refractivity contribution >= 4 is 5.78 Å². The van der Waals surface area contributed by atoms with Crippen molar-refractivity contribution in [3.63, 3.8) is 0 Å². The summed E-state index contributed by atoms with van der Waals surface area (Å²) in [6.45, 7) is 1.99. The molecule has 0 radical (unpaired) electrons. The molecule has 2 rings (SSSR count). The van der Waals surface area contributed by atoms with Crippen LogP contribution >= 0.6 is 0 Å². The highest BCUT2D eigenvalue weighted by Crippen LogP contribution is 2.35. The highest BCUT2D eigenvalue weighted by atomic mass is 16.5. The first-order valence-corrected chi connectivity index (χ1v) is 6.59. The number of hydrogen-bond donors (Lipinski definition) is 1. The molecule has 0 aromatic heterocycles. The standard InChI is InChI=1S/C17H18O4/c1-11-4-6-12(7-5-11)8-15(18)14-9-13(20-2)10-16(21-3)17(14)19/h4-7,9-10,19H,8H2,1-3H3. The van der Waals surface area contributed by atoms with Gasteiger partial charge in [0.15, 0.2) is 17.3 Å². The fourth-order valence-corrected chi connectivity index (χ4v) is 2.06. The average Bonchev–Trinajstić information content (AvgIpc) is 2.49. The Morgan fingerprint density at radius 3 is 2.33 bits per heavy atom. The summed E-state index contributed by atoms with van der Waals surface area (Å²) in [6, 6.07) is 10.8. The summed E-state index contributed by atoms with van der Waals surface area (Å²) in [6.07, 6.45) is 0.212. The first-order chi connectivity index (χ1) is 10.0. The van der Waals surface area contributed by atoms with Gasteiger partial charge in [0.05, 0.1) is 19.8 Å². The molecule has 0 saturated carbocycles. The van der Waals surface area contributed by atoms with Crippen molar-refractivity contribution in [3.05, 3.63) is 53.1 Å². The first kappa shape index (κ1) is 14.9. The second kappa shape index (κ2) is 6.31. The Kier molecular flexibility index (Phi) is 4.48. The van der Waals surface area contributed by atoms with E-state index >= 15 is 0 Å². The summed E-state index contributed by atoms with van der Waals surface area (Å²) in [5.41, 5.74) is 2.23. The summed E-state index contributed by atoms with van der Waals surface area (Å²) in [4.78, 5) is 12.4. The molecule has 0 aliphatic rings. The Labute approximate surface area is 123 Å². The van der Waals surface area contributed by atoms with Crippen LogP contribution in [0.25, 0.3) is 0 Å². The lowest BCUT2D eigenvalue weighted by Gasteiger charge is -2.11. The molecule has 2 aromatic rings. The Hall–Kier alpha value is -2.49. The van der Waals surface area contributed by atoms with Crippen LogP contribution in [0.1, 0.15) is 21.5 Å². The second-order valence-corrected chi connectivity index (χ2v) is 4.81. The van der Waals surface area contributed by atoms with Crippen molar-refractivity contribution in [2.45, 2.75) is 13.3 Å². The third-order valence-corrected chi connectivity index (χ3v) is 3.29. The van der Waals surface area contributed by atoms with Crippen LogP contribution in [0.3, 0.4) is 0 Å². The smallest absolute Gasteiger partial charge is 0.171 e. The lowest BCUT2D eigenvalue weighted by atomic mass is 10.0. The number of rotatable bonds is 5. The molecule has 4 nitrogen and oxygen atoms in total. The molecule has 0 aliphatic heterocycles. The quantitative estimate of drug-likeness (QED) is 0.858. The molecule has 0 bridgehead atoms. The monoisotopic (exact) mass is 286 g/mol. The van der Waals surface area contributed by atoms with Crippen LogP contribution < -0.4 is 9.47 Å². The normalized spacial score (nSPS) is 10.2. The van der Waals surface area contributed by atoms with Gasteiger partial charge in [0.2, 0.25) is 0 Å². The van der Waals surface area contributed by atoms with E-state index in [1.165, 1.54) is 26.4 Å². The van der Waals surface area contributed by atoms with Crippen LogP contribution in [0.15, 0.2) is 36.4 Å². The molecule has 0 spiro atoms. The Morgan fingerprint density at radius 1 is 1.10 bits per heavy atom. The van der Waals surface area contributed by atoms with Crippen LogP contribution in [0.4, 0.5) is 0 Å². The predicted octanol–water partition coefficient (Wildman–Crippen LogP) is 3.14. The van der Waals surface area contributed by atoms with Gasteiger partial charge in [-0.05, 0) is 18.6 Å². The van der Waals surface area contributed by atoms with Crippen LogP contribution in [-0.2, 0) is 6.42 Å². The van der Waals surface area contributed by atoms with Gasteiger partial charge < -0.3 is 14.6 Å². The molecule has 0 unspecified atom stereocenters. The number of hydrogen-bond acceptors (Lipinski definition) is 4. The summed E-state index contributed by atoms with van der Waals surface area (Å²) in [7, 11) is 2.93. The third-order valence-electron chi connectivity index (χ3n) is 3.29. The Balaban J connectivity index is 2.32.